The number of hydrogen-bond acceptors (Lipinski definition) is 4. The number of primary sulfonamides is 1. The van der Waals surface area contributed by atoms with Gasteiger partial charge in [-0.2, -0.15) is 0 Å². The molecule has 0 heterocycles. The van der Waals surface area contributed by atoms with Gasteiger partial charge in [-0.1, -0.05) is 18.9 Å². The number of benzene rings is 1. The third-order valence-electron chi connectivity index (χ3n) is 2.71. The summed E-state index contributed by atoms with van der Waals surface area (Å²) in [7, 11) is -3.32. The molecule has 114 valence electrons. The van der Waals surface area contributed by atoms with E-state index in [0.717, 1.165) is 30.8 Å². The fourth-order valence-corrected chi connectivity index (χ4v) is 2.38. The van der Waals surface area contributed by atoms with Crippen LogP contribution in [0.4, 0.5) is 0 Å². The molecule has 20 heavy (non-hydrogen) atoms. The number of unbranched alkanes of at least 4 members (excludes halogenated alkanes) is 3. The smallest absolute Gasteiger partial charge is 0.209 e. The molecule has 0 fully saturated rings. The maximum Gasteiger partial charge on any atom is 0.209 e. The lowest BCUT2D eigenvalue weighted by Crippen LogP contribution is -2.16. The second kappa shape index (κ2) is 8.81. The van der Waals surface area contributed by atoms with Crippen LogP contribution in [-0.2, 0) is 10.0 Å². The van der Waals surface area contributed by atoms with Gasteiger partial charge >= 0.3 is 0 Å². The first kappa shape index (κ1) is 16.8. The van der Waals surface area contributed by atoms with E-state index in [4.69, 9.17) is 14.6 Å². The number of sulfonamides is 1. The Morgan fingerprint density at radius 1 is 1.05 bits per heavy atom. The summed E-state index contributed by atoms with van der Waals surface area (Å²) in [4.78, 5) is 0. The van der Waals surface area contributed by atoms with Crippen molar-refractivity contribution >= 4 is 10.0 Å². The first-order valence-electron chi connectivity index (χ1n) is 6.87. The standard InChI is InChI=1S/C14H23NO4S/c1-2-18-13-8-7-9-14(12-13)19-10-5-3-4-6-11-20(15,16)17/h7-9,12H,2-6,10-11H2,1H3,(H2,15,16,17). The molecule has 0 amide bonds. The Morgan fingerprint density at radius 3 is 2.35 bits per heavy atom. The SMILES string of the molecule is CCOc1cccc(OCCCCCCS(N)(=O)=O)c1. The average molecular weight is 301 g/mol. The van der Waals surface area contributed by atoms with Gasteiger partial charge in [-0.15, -0.1) is 0 Å². The van der Waals surface area contributed by atoms with Crippen LogP contribution in [0.3, 0.4) is 0 Å². The Morgan fingerprint density at radius 2 is 1.70 bits per heavy atom. The molecule has 0 unspecified atom stereocenters. The summed E-state index contributed by atoms with van der Waals surface area (Å²) in [6.45, 7) is 3.19. The highest BCUT2D eigenvalue weighted by atomic mass is 32.2. The molecule has 0 atom stereocenters. The Labute approximate surface area is 121 Å². The molecule has 0 aliphatic heterocycles. The first-order chi connectivity index (χ1) is 9.51. The van der Waals surface area contributed by atoms with Crippen LogP contribution >= 0.6 is 0 Å². The minimum Gasteiger partial charge on any atom is -0.494 e. The average Bonchev–Trinajstić information content (AvgIpc) is 2.37. The van der Waals surface area contributed by atoms with Crippen LogP contribution in [0, 0.1) is 0 Å². The van der Waals surface area contributed by atoms with E-state index >= 15 is 0 Å². The predicted molar refractivity (Wildman–Crippen MR) is 79.5 cm³/mol. The molecular formula is C14H23NO4S. The zero-order chi connectivity index (χ0) is 14.8. The fraction of sp³-hybridized carbons (Fsp3) is 0.571. The molecule has 0 saturated carbocycles. The van der Waals surface area contributed by atoms with Gasteiger partial charge in [0.2, 0.25) is 10.0 Å². The van der Waals surface area contributed by atoms with E-state index in [9.17, 15) is 8.42 Å². The molecule has 0 bridgehead atoms. The van der Waals surface area contributed by atoms with Crippen LogP contribution in [0.25, 0.3) is 0 Å². The van der Waals surface area contributed by atoms with Gasteiger partial charge in [0.1, 0.15) is 11.5 Å². The van der Waals surface area contributed by atoms with E-state index in [1.54, 1.807) is 0 Å². The normalized spacial score (nSPS) is 11.3. The lowest BCUT2D eigenvalue weighted by atomic mass is 10.2. The van der Waals surface area contributed by atoms with Crippen LogP contribution in [0.15, 0.2) is 24.3 Å². The van der Waals surface area contributed by atoms with E-state index in [1.165, 1.54) is 0 Å². The third kappa shape index (κ3) is 8.01. The largest absolute Gasteiger partial charge is 0.494 e. The lowest BCUT2D eigenvalue weighted by Gasteiger charge is -2.08. The number of hydrogen-bond donors (Lipinski definition) is 1. The van der Waals surface area contributed by atoms with Crippen molar-refractivity contribution in [2.24, 2.45) is 5.14 Å². The van der Waals surface area contributed by atoms with Gasteiger partial charge in [-0.25, -0.2) is 13.6 Å². The van der Waals surface area contributed by atoms with Crippen molar-refractivity contribution in [1.29, 1.82) is 0 Å². The minimum atomic E-state index is -3.32. The van der Waals surface area contributed by atoms with Crippen LogP contribution in [-0.4, -0.2) is 27.4 Å². The van der Waals surface area contributed by atoms with Crippen LogP contribution in [0.1, 0.15) is 32.6 Å². The second-order valence-corrected chi connectivity index (χ2v) is 6.27. The zero-order valence-corrected chi connectivity index (χ0v) is 12.7. The molecule has 0 aliphatic carbocycles. The number of nitrogens with two attached hydrogens (primary N) is 1. The highest BCUT2D eigenvalue weighted by molar-refractivity contribution is 7.89. The molecular weight excluding hydrogens is 278 g/mol. The monoisotopic (exact) mass is 301 g/mol. The Kier molecular flexibility index (Phi) is 7.40. The second-order valence-electron chi connectivity index (χ2n) is 4.54. The van der Waals surface area contributed by atoms with Gasteiger partial charge in [0.15, 0.2) is 0 Å². The number of rotatable bonds is 10. The van der Waals surface area contributed by atoms with Crippen molar-refractivity contribution in [2.75, 3.05) is 19.0 Å². The maximum atomic E-state index is 10.7. The van der Waals surface area contributed by atoms with Crippen molar-refractivity contribution in [3.8, 4) is 11.5 Å². The summed E-state index contributed by atoms with van der Waals surface area (Å²) in [6.07, 6.45) is 3.28. The van der Waals surface area contributed by atoms with Crippen molar-refractivity contribution in [3.05, 3.63) is 24.3 Å². The van der Waals surface area contributed by atoms with Gasteiger partial charge < -0.3 is 9.47 Å². The van der Waals surface area contributed by atoms with Crippen LogP contribution in [0.2, 0.25) is 0 Å². The van der Waals surface area contributed by atoms with E-state index in [0.29, 0.717) is 19.6 Å². The van der Waals surface area contributed by atoms with Gasteiger partial charge in [-0.05, 0) is 31.9 Å². The highest BCUT2D eigenvalue weighted by Crippen LogP contribution is 2.19. The van der Waals surface area contributed by atoms with Gasteiger partial charge in [0.05, 0.1) is 19.0 Å². The predicted octanol–water partition coefficient (Wildman–Crippen LogP) is 2.31. The molecule has 0 spiro atoms. The quantitative estimate of drug-likeness (QED) is 0.673. The highest BCUT2D eigenvalue weighted by Gasteiger charge is 2.01. The minimum absolute atomic E-state index is 0.0598. The molecule has 0 saturated heterocycles. The maximum absolute atomic E-state index is 10.7. The topological polar surface area (TPSA) is 78.6 Å². The van der Waals surface area contributed by atoms with Crippen molar-refractivity contribution in [1.82, 2.24) is 0 Å². The van der Waals surface area contributed by atoms with Crippen LogP contribution in [0.5, 0.6) is 11.5 Å². The van der Waals surface area contributed by atoms with Crippen molar-refractivity contribution < 1.29 is 17.9 Å². The molecule has 0 radical (unpaired) electrons. The third-order valence-corrected chi connectivity index (χ3v) is 3.57. The summed E-state index contributed by atoms with van der Waals surface area (Å²) in [5.74, 6) is 1.66. The van der Waals surface area contributed by atoms with Crippen molar-refractivity contribution in [3.63, 3.8) is 0 Å². The number of ether oxygens (including phenoxy) is 2. The fourth-order valence-electron chi connectivity index (χ4n) is 1.77. The van der Waals surface area contributed by atoms with Crippen LogP contribution < -0.4 is 14.6 Å². The van der Waals surface area contributed by atoms with E-state index in [-0.39, 0.29) is 5.75 Å². The van der Waals surface area contributed by atoms with E-state index < -0.39 is 10.0 Å². The van der Waals surface area contributed by atoms with E-state index in [1.807, 2.05) is 31.2 Å². The molecule has 1 aromatic rings. The summed E-state index contributed by atoms with van der Waals surface area (Å²) in [5.41, 5.74) is 0. The summed E-state index contributed by atoms with van der Waals surface area (Å²) in [5, 5.41) is 4.93. The summed E-state index contributed by atoms with van der Waals surface area (Å²) < 4.78 is 32.5. The lowest BCUT2D eigenvalue weighted by molar-refractivity contribution is 0.299. The van der Waals surface area contributed by atoms with E-state index in [2.05, 4.69) is 0 Å². The summed E-state index contributed by atoms with van der Waals surface area (Å²) >= 11 is 0. The van der Waals surface area contributed by atoms with Crippen molar-refractivity contribution in [2.45, 2.75) is 32.6 Å². The van der Waals surface area contributed by atoms with Gasteiger partial charge in [0.25, 0.3) is 0 Å². The molecule has 2 N–H and O–H groups in total. The summed E-state index contributed by atoms with van der Waals surface area (Å²) in [6, 6.07) is 7.55. The Bertz CT molecular complexity index is 488. The molecule has 0 aliphatic rings. The van der Waals surface area contributed by atoms with Gasteiger partial charge in [-0.3, -0.25) is 0 Å². The van der Waals surface area contributed by atoms with Gasteiger partial charge in [0, 0.05) is 6.07 Å². The Balaban J connectivity index is 2.13. The molecule has 0 aromatic heterocycles. The molecule has 6 heteroatoms. The Hall–Kier alpha value is -1.27. The molecule has 1 rings (SSSR count). The molecule has 1 aromatic carbocycles. The zero-order valence-electron chi connectivity index (χ0n) is 11.9. The first-order valence-corrected chi connectivity index (χ1v) is 8.59. The molecule has 5 nitrogen and oxygen atoms in total.